The highest BCUT2D eigenvalue weighted by molar-refractivity contribution is 7.98. The molecule has 0 aliphatic rings. The molecule has 25 heavy (non-hydrogen) atoms. The Morgan fingerprint density at radius 2 is 1.88 bits per heavy atom. The predicted molar refractivity (Wildman–Crippen MR) is 95.9 cm³/mol. The van der Waals surface area contributed by atoms with Crippen LogP contribution in [0.2, 0.25) is 0 Å². The topological polar surface area (TPSA) is 78.2 Å². The summed E-state index contributed by atoms with van der Waals surface area (Å²) in [4.78, 5) is 19.2. The van der Waals surface area contributed by atoms with Crippen LogP contribution in [-0.4, -0.2) is 14.9 Å². The number of nitro benzene ring substituents is 1. The molecule has 0 fully saturated rings. The third kappa shape index (κ3) is 4.77. The molecule has 2 aromatic carbocycles. The van der Waals surface area contributed by atoms with Crippen molar-refractivity contribution >= 4 is 17.4 Å². The first-order valence-electron chi connectivity index (χ1n) is 7.55. The lowest BCUT2D eigenvalue weighted by Crippen LogP contribution is -1.95. The smallest absolute Gasteiger partial charge is 0.269 e. The Hall–Kier alpha value is -2.93. The van der Waals surface area contributed by atoms with E-state index in [1.54, 1.807) is 18.2 Å². The number of thioether (sulfide) groups is 1. The highest BCUT2D eigenvalue weighted by atomic mass is 32.2. The summed E-state index contributed by atoms with van der Waals surface area (Å²) >= 11 is 1.41. The van der Waals surface area contributed by atoms with E-state index in [-0.39, 0.29) is 5.69 Å². The van der Waals surface area contributed by atoms with Gasteiger partial charge in [0.2, 0.25) is 5.88 Å². The minimum atomic E-state index is -0.400. The van der Waals surface area contributed by atoms with Crippen LogP contribution < -0.4 is 4.74 Å². The predicted octanol–water partition coefficient (Wildman–Crippen LogP) is 4.78. The van der Waals surface area contributed by atoms with Crippen LogP contribution in [0.15, 0.2) is 65.8 Å². The number of non-ortho nitro benzene ring substituents is 1. The maximum absolute atomic E-state index is 10.8. The molecule has 0 atom stereocenters. The molecule has 0 bridgehead atoms. The SMILES string of the molecule is Cc1cc(Oc2ccccc2)nc(SCc2cccc([N+](=O)[O-])c2)n1. The van der Waals surface area contributed by atoms with Gasteiger partial charge in [0.1, 0.15) is 5.75 Å². The van der Waals surface area contributed by atoms with Crippen LogP contribution in [0.4, 0.5) is 5.69 Å². The van der Waals surface area contributed by atoms with Crippen molar-refractivity contribution in [2.75, 3.05) is 0 Å². The van der Waals surface area contributed by atoms with E-state index in [1.165, 1.54) is 17.8 Å². The number of aryl methyl sites for hydroxylation is 1. The second-order valence-electron chi connectivity index (χ2n) is 5.26. The van der Waals surface area contributed by atoms with Gasteiger partial charge in [0.05, 0.1) is 4.92 Å². The lowest BCUT2D eigenvalue weighted by molar-refractivity contribution is -0.384. The standard InChI is InChI=1S/C18H15N3O3S/c1-13-10-17(24-16-8-3-2-4-9-16)20-18(19-13)25-12-14-6-5-7-15(11-14)21(22)23/h2-11H,12H2,1H3. The van der Waals surface area contributed by atoms with E-state index in [0.29, 0.717) is 22.5 Å². The van der Waals surface area contributed by atoms with Gasteiger partial charge in [0, 0.05) is 29.6 Å². The lowest BCUT2D eigenvalue weighted by atomic mass is 10.2. The number of ether oxygens (including phenoxy) is 1. The van der Waals surface area contributed by atoms with Gasteiger partial charge in [-0.15, -0.1) is 0 Å². The van der Waals surface area contributed by atoms with Gasteiger partial charge in [-0.3, -0.25) is 10.1 Å². The van der Waals surface area contributed by atoms with Gasteiger partial charge in [-0.25, -0.2) is 4.98 Å². The highest BCUT2D eigenvalue weighted by Gasteiger charge is 2.09. The summed E-state index contributed by atoms with van der Waals surface area (Å²) in [5.74, 6) is 1.71. The molecule has 0 aliphatic heterocycles. The van der Waals surface area contributed by atoms with Crippen LogP contribution in [0.1, 0.15) is 11.3 Å². The van der Waals surface area contributed by atoms with E-state index in [9.17, 15) is 10.1 Å². The van der Waals surface area contributed by atoms with Gasteiger partial charge in [-0.05, 0) is 24.6 Å². The minimum Gasteiger partial charge on any atom is -0.439 e. The van der Waals surface area contributed by atoms with Crippen molar-refractivity contribution in [3.8, 4) is 11.6 Å². The Balaban J connectivity index is 1.72. The normalized spacial score (nSPS) is 10.4. The Kier molecular flexibility index (Phi) is 5.25. The summed E-state index contributed by atoms with van der Waals surface area (Å²) < 4.78 is 5.75. The first kappa shape index (κ1) is 16.9. The molecule has 1 heterocycles. The zero-order valence-corrected chi connectivity index (χ0v) is 14.3. The largest absolute Gasteiger partial charge is 0.439 e. The monoisotopic (exact) mass is 353 g/mol. The van der Waals surface area contributed by atoms with E-state index >= 15 is 0 Å². The number of nitrogens with zero attached hydrogens (tertiary/aromatic N) is 3. The molecule has 3 rings (SSSR count). The van der Waals surface area contributed by atoms with Crippen LogP contribution in [0.5, 0.6) is 11.6 Å². The van der Waals surface area contributed by atoms with Crippen LogP contribution >= 0.6 is 11.8 Å². The molecule has 0 saturated heterocycles. The summed E-state index contributed by atoms with van der Waals surface area (Å²) in [7, 11) is 0. The van der Waals surface area contributed by atoms with E-state index in [0.717, 1.165) is 11.3 Å². The molecule has 0 amide bonds. The van der Waals surface area contributed by atoms with Crippen molar-refractivity contribution in [3.63, 3.8) is 0 Å². The Morgan fingerprint density at radius 3 is 2.64 bits per heavy atom. The number of nitro groups is 1. The zero-order chi connectivity index (χ0) is 17.6. The van der Waals surface area contributed by atoms with Gasteiger partial charge < -0.3 is 4.74 Å². The number of hydrogen-bond acceptors (Lipinski definition) is 6. The molecule has 0 saturated carbocycles. The third-order valence-corrected chi connectivity index (χ3v) is 4.18. The van der Waals surface area contributed by atoms with E-state index < -0.39 is 4.92 Å². The maximum Gasteiger partial charge on any atom is 0.269 e. The summed E-state index contributed by atoms with van der Waals surface area (Å²) in [5.41, 5.74) is 1.72. The number of rotatable bonds is 6. The van der Waals surface area contributed by atoms with Gasteiger partial charge in [-0.2, -0.15) is 4.98 Å². The van der Waals surface area contributed by atoms with E-state index in [2.05, 4.69) is 9.97 Å². The summed E-state index contributed by atoms with van der Waals surface area (Å²) in [5, 5.41) is 11.4. The molecular formula is C18H15N3O3S. The lowest BCUT2D eigenvalue weighted by Gasteiger charge is -2.07. The van der Waals surface area contributed by atoms with Crippen molar-refractivity contribution in [3.05, 3.63) is 82.0 Å². The molecule has 0 spiro atoms. The second kappa shape index (κ2) is 7.76. The third-order valence-electron chi connectivity index (χ3n) is 3.27. The summed E-state index contributed by atoms with van der Waals surface area (Å²) in [6.07, 6.45) is 0. The first-order valence-corrected chi connectivity index (χ1v) is 8.53. The molecule has 6 nitrogen and oxygen atoms in total. The number of hydrogen-bond donors (Lipinski definition) is 0. The Labute approximate surface area is 149 Å². The second-order valence-corrected chi connectivity index (χ2v) is 6.20. The molecule has 0 aliphatic carbocycles. The van der Waals surface area contributed by atoms with Crippen LogP contribution in [0.25, 0.3) is 0 Å². The molecule has 0 unspecified atom stereocenters. The molecule has 7 heteroatoms. The van der Waals surface area contributed by atoms with Crippen LogP contribution in [0, 0.1) is 17.0 Å². The molecular weight excluding hydrogens is 338 g/mol. The van der Waals surface area contributed by atoms with Crippen molar-refractivity contribution in [2.24, 2.45) is 0 Å². The highest BCUT2D eigenvalue weighted by Crippen LogP contribution is 2.26. The molecule has 3 aromatic rings. The average molecular weight is 353 g/mol. The van der Waals surface area contributed by atoms with E-state index in [4.69, 9.17) is 4.74 Å². The number of benzene rings is 2. The van der Waals surface area contributed by atoms with Gasteiger partial charge in [-0.1, -0.05) is 42.1 Å². The van der Waals surface area contributed by atoms with Gasteiger partial charge >= 0.3 is 0 Å². The quantitative estimate of drug-likeness (QED) is 0.275. The fourth-order valence-corrected chi connectivity index (χ4v) is 2.99. The zero-order valence-electron chi connectivity index (χ0n) is 13.5. The van der Waals surface area contributed by atoms with Gasteiger partial charge in [0.25, 0.3) is 5.69 Å². The fourth-order valence-electron chi connectivity index (χ4n) is 2.15. The Bertz CT molecular complexity index is 888. The van der Waals surface area contributed by atoms with Crippen LogP contribution in [-0.2, 0) is 5.75 Å². The minimum absolute atomic E-state index is 0.0800. The fraction of sp³-hybridized carbons (Fsp3) is 0.111. The molecule has 126 valence electrons. The summed E-state index contributed by atoms with van der Waals surface area (Å²) in [6, 6.07) is 17.7. The van der Waals surface area contributed by atoms with Crippen LogP contribution in [0.3, 0.4) is 0 Å². The van der Waals surface area contributed by atoms with Crippen molar-refractivity contribution in [2.45, 2.75) is 17.8 Å². The number of aromatic nitrogens is 2. The van der Waals surface area contributed by atoms with Crippen molar-refractivity contribution in [1.82, 2.24) is 9.97 Å². The average Bonchev–Trinajstić information content (AvgIpc) is 2.61. The molecule has 0 radical (unpaired) electrons. The van der Waals surface area contributed by atoms with Gasteiger partial charge in [0.15, 0.2) is 5.16 Å². The van der Waals surface area contributed by atoms with Crippen molar-refractivity contribution < 1.29 is 9.66 Å². The molecule has 0 N–H and O–H groups in total. The Morgan fingerprint density at radius 1 is 1.08 bits per heavy atom. The van der Waals surface area contributed by atoms with E-state index in [1.807, 2.05) is 43.3 Å². The summed E-state index contributed by atoms with van der Waals surface area (Å²) in [6.45, 7) is 1.87. The maximum atomic E-state index is 10.8. The molecule has 1 aromatic heterocycles. The van der Waals surface area contributed by atoms with Crippen molar-refractivity contribution in [1.29, 1.82) is 0 Å². The first-order chi connectivity index (χ1) is 12.1. The number of para-hydroxylation sites is 1.